The van der Waals surface area contributed by atoms with Gasteiger partial charge in [0.1, 0.15) is 4.99 Å². The monoisotopic (exact) mass is 297 g/mol. The first-order valence-electron chi connectivity index (χ1n) is 7.21. The van der Waals surface area contributed by atoms with E-state index in [4.69, 9.17) is 18.0 Å². The number of benzene rings is 1. The van der Waals surface area contributed by atoms with Crippen molar-refractivity contribution in [3.8, 4) is 0 Å². The molecule has 4 heteroatoms. The molecule has 3 rings (SSSR count). The Balaban J connectivity index is 2.20. The van der Waals surface area contributed by atoms with E-state index < -0.39 is 0 Å². The third kappa shape index (κ3) is 2.51. The lowest BCUT2D eigenvalue weighted by Gasteiger charge is -2.33. The van der Waals surface area contributed by atoms with Crippen molar-refractivity contribution >= 4 is 28.6 Å². The number of anilines is 2. The van der Waals surface area contributed by atoms with E-state index in [0.717, 1.165) is 42.0 Å². The molecule has 0 fully saturated rings. The number of hydrogen-bond donors (Lipinski definition) is 1. The van der Waals surface area contributed by atoms with Crippen LogP contribution in [0.25, 0.3) is 0 Å². The summed E-state index contributed by atoms with van der Waals surface area (Å²) in [6, 6.07) is 10.6. The van der Waals surface area contributed by atoms with Gasteiger partial charge in [0.05, 0.1) is 11.3 Å². The molecule has 1 aliphatic heterocycles. The number of thiocarbonyl (C=S) groups is 1. The van der Waals surface area contributed by atoms with Gasteiger partial charge in [0, 0.05) is 23.6 Å². The summed E-state index contributed by atoms with van der Waals surface area (Å²) in [5, 5.41) is 0. The summed E-state index contributed by atoms with van der Waals surface area (Å²) < 4.78 is 0. The van der Waals surface area contributed by atoms with Gasteiger partial charge in [-0.25, -0.2) is 0 Å². The van der Waals surface area contributed by atoms with Gasteiger partial charge in [-0.2, -0.15) is 0 Å². The smallest absolute Gasteiger partial charge is 0.107 e. The van der Waals surface area contributed by atoms with Crippen LogP contribution in [0, 0.1) is 13.8 Å². The number of nitrogens with zero attached hydrogens (tertiary/aromatic N) is 2. The molecule has 2 heterocycles. The Kier molecular flexibility index (Phi) is 3.64. The van der Waals surface area contributed by atoms with Crippen LogP contribution in [-0.4, -0.2) is 16.5 Å². The van der Waals surface area contributed by atoms with E-state index in [1.54, 1.807) is 0 Å². The number of fused-ring (bicyclic) bond motifs is 1. The molecule has 1 aliphatic rings. The number of aromatic nitrogens is 1. The maximum absolute atomic E-state index is 5.96. The third-order valence-corrected chi connectivity index (χ3v) is 4.16. The van der Waals surface area contributed by atoms with Gasteiger partial charge >= 0.3 is 0 Å². The molecule has 3 nitrogen and oxygen atoms in total. The molecule has 0 unspecified atom stereocenters. The van der Waals surface area contributed by atoms with E-state index in [1.165, 1.54) is 11.3 Å². The van der Waals surface area contributed by atoms with E-state index in [-0.39, 0.29) is 0 Å². The highest BCUT2D eigenvalue weighted by Crippen LogP contribution is 2.36. The summed E-state index contributed by atoms with van der Waals surface area (Å²) in [6.45, 7) is 4.96. The molecule has 0 bridgehead atoms. The van der Waals surface area contributed by atoms with E-state index >= 15 is 0 Å². The van der Waals surface area contributed by atoms with Gasteiger partial charge in [0.2, 0.25) is 0 Å². The Morgan fingerprint density at radius 1 is 1.24 bits per heavy atom. The average molecular weight is 297 g/mol. The minimum atomic E-state index is 0.415. The highest BCUT2D eigenvalue weighted by molar-refractivity contribution is 7.80. The molecule has 0 saturated heterocycles. The number of aryl methyl sites for hydroxylation is 3. The van der Waals surface area contributed by atoms with E-state index in [9.17, 15) is 0 Å². The number of para-hydroxylation sites is 1. The standard InChI is InChI=1S/C17H19N3S/c1-11-10-15(16(17(18)21)12(2)19-11)20-9-5-7-13-6-3-4-8-14(13)20/h3-4,6,8,10H,5,7,9H2,1-2H3,(H2,18,21). The first-order chi connectivity index (χ1) is 10.1. The Bertz CT molecular complexity index is 709. The molecule has 0 atom stereocenters. The molecule has 0 saturated carbocycles. The van der Waals surface area contributed by atoms with Crippen molar-refractivity contribution in [2.75, 3.05) is 11.4 Å². The van der Waals surface area contributed by atoms with Gasteiger partial charge in [-0.1, -0.05) is 30.4 Å². The van der Waals surface area contributed by atoms with Crippen LogP contribution in [0.15, 0.2) is 30.3 Å². The molecule has 0 spiro atoms. The third-order valence-electron chi connectivity index (χ3n) is 3.96. The maximum atomic E-state index is 5.96. The van der Waals surface area contributed by atoms with Gasteiger partial charge in [-0.3, -0.25) is 4.98 Å². The van der Waals surface area contributed by atoms with Crippen LogP contribution in [0.4, 0.5) is 11.4 Å². The van der Waals surface area contributed by atoms with Crippen molar-refractivity contribution in [3.63, 3.8) is 0 Å². The Labute approximate surface area is 130 Å². The minimum Gasteiger partial charge on any atom is -0.389 e. The fraction of sp³-hybridized carbons (Fsp3) is 0.294. The Hall–Kier alpha value is -1.94. The van der Waals surface area contributed by atoms with Crippen LogP contribution in [0.5, 0.6) is 0 Å². The van der Waals surface area contributed by atoms with E-state index in [2.05, 4.69) is 40.2 Å². The van der Waals surface area contributed by atoms with Crippen molar-refractivity contribution in [2.45, 2.75) is 26.7 Å². The zero-order valence-electron chi connectivity index (χ0n) is 12.4. The quantitative estimate of drug-likeness (QED) is 0.863. The lowest BCUT2D eigenvalue weighted by molar-refractivity contribution is 0.765. The van der Waals surface area contributed by atoms with Crippen LogP contribution in [0.2, 0.25) is 0 Å². The largest absolute Gasteiger partial charge is 0.389 e. The van der Waals surface area contributed by atoms with Crippen molar-refractivity contribution < 1.29 is 0 Å². The predicted octanol–water partition coefficient (Wildman–Crippen LogP) is 3.42. The molecule has 2 N–H and O–H groups in total. The summed E-state index contributed by atoms with van der Waals surface area (Å²) in [7, 11) is 0. The van der Waals surface area contributed by atoms with Crippen LogP contribution in [0.1, 0.15) is 28.9 Å². The highest BCUT2D eigenvalue weighted by atomic mass is 32.1. The SMILES string of the molecule is Cc1cc(N2CCCc3ccccc32)c(C(N)=S)c(C)n1. The first kappa shape index (κ1) is 14.0. The molecule has 1 aromatic carbocycles. The lowest BCUT2D eigenvalue weighted by atomic mass is 9.99. The minimum absolute atomic E-state index is 0.415. The van der Waals surface area contributed by atoms with Gasteiger partial charge < -0.3 is 10.6 Å². The van der Waals surface area contributed by atoms with Crippen LogP contribution < -0.4 is 10.6 Å². The molecule has 2 aromatic rings. The van der Waals surface area contributed by atoms with Crippen LogP contribution in [-0.2, 0) is 6.42 Å². The van der Waals surface area contributed by atoms with Crippen molar-refractivity contribution in [1.29, 1.82) is 0 Å². The lowest BCUT2D eigenvalue weighted by Crippen LogP contribution is -2.28. The Morgan fingerprint density at radius 3 is 2.76 bits per heavy atom. The van der Waals surface area contributed by atoms with Gasteiger partial charge in [0.25, 0.3) is 0 Å². The average Bonchev–Trinajstić information content (AvgIpc) is 2.45. The summed E-state index contributed by atoms with van der Waals surface area (Å²) in [5.74, 6) is 0. The zero-order chi connectivity index (χ0) is 15.0. The normalized spacial score (nSPS) is 13.9. The highest BCUT2D eigenvalue weighted by Gasteiger charge is 2.22. The second kappa shape index (κ2) is 5.45. The summed E-state index contributed by atoms with van der Waals surface area (Å²) >= 11 is 5.26. The number of hydrogen-bond acceptors (Lipinski definition) is 3. The van der Waals surface area contributed by atoms with Crippen molar-refractivity contribution in [2.24, 2.45) is 5.73 Å². The molecule has 21 heavy (non-hydrogen) atoms. The number of nitrogens with two attached hydrogens (primary N) is 1. The molecule has 108 valence electrons. The fourth-order valence-electron chi connectivity index (χ4n) is 3.11. The molecule has 0 amide bonds. The molecular weight excluding hydrogens is 278 g/mol. The predicted molar refractivity (Wildman–Crippen MR) is 91.4 cm³/mol. The summed E-state index contributed by atoms with van der Waals surface area (Å²) in [5.41, 5.74) is 12.5. The maximum Gasteiger partial charge on any atom is 0.107 e. The van der Waals surface area contributed by atoms with Gasteiger partial charge in [0.15, 0.2) is 0 Å². The number of pyridine rings is 1. The second-order valence-corrected chi connectivity index (χ2v) is 5.93. The molecule has 0 aliphatic carbocycles. The summed E-state index contributed by atoms with van der Waals surface area (Å²) in [4.78, 5) is 7.26. The summed E-state index contributed by atoms with van der Waals surface area (Å²) in [6.07, 6.45) is 2.26. The van der Waals surface area contributed by atoms with E-state index in [0.29, 0.717) is 4.99 Å². The molecular formula is C17H19N3S. The zero-order valence-corrected chi connectivity index (χ0v) is 13.2. The van der Waals surface area contributed by atoms with Gasteiger partial charge in [-0.15, -0.1) is 0 Å². The van der Waals surface area contributed by atoms with E-state index in [1.807, 2.05) is 13.8 Å². The van der Waals surface area contributed by atoms with Crippen molar-refractivity contribution in [1.82, 2.24) is 4.98 Å². The topological polar surface area (TPSA) is 42.1 Å². The first-order valence-corrected chi connectivity index (χ1v) is 7.62. The number of rotatable bonds is 2. The van der Waals surface area contributed by atoms with Crippen LogP contribution >= 0.6 is 12.2 Å². The second-order valence-electron chi connectivity index (χ2n) is 5.49. The van der Waals surface area contributed by atoms with Crippen LogP contribution in [0.3, 0.4) is 0 Å². The molecule has 1 aromatic heterocycles. The van der Waals surface area contributed by atoms with Crippen molar-refractivity contribution in [3.05, 3.63) is 52.8 Å². The fourth-order valence-corrected chi connectivity index (χ4v) is 3.36. The molecule has 0 radical (unpaired) electrons. The van der Waals surface area contributed by atoms with Gasteiger partial charge in [-0.05, 0) is 44.4 Å². The Morgan fingerprint density at radius 2 is 2.00 bits per heavy atom.